The maximum atomic E-state index is 10.5. The van der Waals surface area contributed by atoms with Gasteiger partial charge in [-0.05, 0) is 0 Å². The molecule has 0 bridgehead atoms. The van der Waals surface area contributed by atoms with Crippen molar-refractivity contribution in [1.29, 1.82) is 0 Å². The summed E-state index contributed by atoms with van der Waals surface area (Å²) in [6.07, 6.45) is 0.969. The fourth-order valence-corrected chi connectivity index (χ4v) is 0.863. The highest BCUT2D eigenvalue weighted by Crippen LogP contribution is 2.07. The summed E-state index contributed by atoms with van der Waals surface area (Å²) >= 11 is 0. The Hall–Kier alpha value is -1.39. The minimum atomic E-state index is -0.851. The van der Waals surface area contributed by atoms with Crippen LogP contribution in [0.3, 0.4) is 0 Å². The molecular formula is C8H12N2O3. The van der Waals surface area contributed by atoms with Crippen LogP contribution in [-0.2, 0) is 17.6 Å². The number of carbonyl (C=O) groups is 1. The first-order chi connectivity index (χ1) is 6.13. The second-order valence-electron chi connectivity index (χ2n) is 2.89. The Kier molecular flexibility index (Phi) is 3.00. The second kappa shape index (κ2) is 4.02. The average molecular weight is 184 g/mol. The molecule has 0 spiro atoms. The lowest BCUT2D eigenvalue weighted by Gasteiger charge is -1.99. The SMILES string of the molecule is CCc1nnc(CC(C)C(=O)O)o1. The molecule has 5 heteroatoms. The number of aromatic nitrogens is 2. The van der Waals surface area contributed by atoms with Crippen LogP contribution in [0.2, 0.25) is 0 Å². The molecule has 0 aliphatic rings. The number of hydrogen-bond acceptors (Lipinski definition) is 4. The van der Waals surface area contributed by atoms with Crippen LogP contribution in [0.1, 0.15) is 25.6 Å². The topological polar surface area (TPSA) is 76.2 Å². The van der Waals surface area contributed by atoms with Gasteiger partial charge in [0.15, 0.2) is 0 Å². The largest absolute Gasteiger partial charge is 0.481 e. The fourth-order valence-electron chi connectivity index (χ4n) is 0.863. The van der Waals surface area contributed by atoms with Gasteiger partial charge >= 0.3 is 5.97 Å². The van der Waals surface area contributed by atoms with Crippen molar-refractivity contribution in [3.63, 3.8) is 0 Å². The second-order valence-corrected chi connectivity index (χ2v) is 2.89. The third-order valence-electron chi connectivity index (χ3n) is 1.71. The average Bonchev–Trinajstić information content (AvgIpc) is 2.52. The maximum Gasteiger partial charge on any atom is 0.306 e. The Morgan fingerprint density at radius 3 is 2.62 bits per heavy atom. The van der Waals surface area contributed by atoms with Crippen LogP contribution in [0.5, 0.6) is 0 Å². The summed E-state index contributed by atoms with van der Waals surface area (Å²) in [5, 5.41) is 16.1. The monoisotopic (exact) mass is 184 g/mol. The number of rotatable bonds is 4. The zero-order chi connectivity index (χ0) is 9.84. The molecule has 0 saturated heterocycles. The first kappa shape index (κ1) is 9.70. The number of carboxylic acid groups (broad SMARTS) is 1. The van der Waals surface area contributed by atoms with Crippen LogP contribution in [0.15, 0.2) is 4.42 Å². The highest BCUT2D eigenvalue weighted by molar-refractivity contribution is 5.69. The Morgan fingerprint density at radius 1 is 1.54 bits per heavy atom. The van der Waals surface area contributed by atoms with E-state index in [1.54, 1.807) is 6.92 Å². The van der Waals surface area contributed by atoms with E-state index in [2.05, 4.69) is 10.2 Å². The molecule has 0 saturated carbocycles. The minimum absolute atomic E-state index is 0.294. The fraction of sp³-hybridized carbons (Fsp3) is 0.625. The van der Waals surface area contributed by atoms with E-state index in [4.69, 9.17) is 9.52 Å². The number of aryl methyl sites for hydroxylation is 1. The third-order valence-corrected chi connectivity index (χ3v) is 1.71. The van der Waals surface area contributed by atoms with Gasteiger partial charge in [0.25, 0.3) is 0 Å². The summed E-state index contributed by atoms with van der Waals surface area (Å²) in [4.78, 5) is 10.5. The quantitative estimate of drug-likeness (QED) is 0.752. The molecule has 1 rings (SSSR count). The van der Waals surface area contributed by atoms with Crippen LogP contribution < -0.4 is 0 Å². The molecular weight excluding hydrogens is 172 g/mol. The van der Waals surface area contributed by atoms with E-state index in [0.717, 1.165) is 0 Å². The first-order valence-electron chi connectivity index (χ1n) is 4.17. The van der Waals surface area contributed by atoms with E-state index in [-0.39, 0.29) is 0 Å². The van der Waals surface area contributed by atoms with Crippen molar-refractivity contribution in [1.82, 2.24) is 10.2 Å². The van der Waals surface area contributed by atoms with E-state index in [0.29, 0.717) is 24.6 Å². The Bertz CT molecular complexity index is 295. The molecule has 0 aliphatic carbocycles. The van der Waals surface area contributed by atoms with Crippen LogP contribution in [-0.4, -0.2) is 21.3 Å². The molecule has 1 unspecified atom stereocenters. The van der Waals surface area contributed by atoms with Gasteiger partial charge in [-0.25, -0.2) is 0 Å². The predicted molar refractivity (Wildman–Crippen MR) is 44.2 cm³/mol. The Labute approximate surface area is 75.8 Å². The van der Waals surface area contributed by atoms with Gasteiger partial charge in [-0.2, -0.15) is 0 Å². The van der Waals surface area contributed by atoms with Gasteiger partial charge in [0.2, 0.25) is 11.8 Å². The summed E-state index contributed by atoms with van der Waals surface area (Å²) < 4.78 is 5.17. The number of carboxylic acids is 1. The zero-order valence-corrected chi connectivity index (χ0v) is 7.65. The van der Waals surface area contributed by atoms with E-state index < -0.39 is 11.9 Å². The van der Waals surface area contributed by atoms with Gasteiger partial charge in [-0.15, -0.1) is 10.2 Å². The van der Waals surface area contributed by atoms with Crippen molar-refractivity contribution in [3.8, 4) is 0 Å². The van der Waals surface area contributed by atoms with Crippen molar-refractivity contribution in [2.75, 3.05) is 0 Å². The Morgan fingerprint density at radius 2 is 2.15 bits per heavy atom. The summed E-state index contributed by atoms with van der Waals surface area (Å²) in [6.45, 7) is 3.51. The van der Waals surface area contributed by atoms with Crippen molar-refractivity contribution in [2.45, 2.75) is 26.7 Å². The van der Waals surface area contributed by atoms with Crippen molar-refractivity contribution in [2.24, 2.45) is 5.92 Å². The van der Waals surface area contributed by atoms with Gasteiger partial charge in [0, 0.05) is 12.8 Å². The van der Waals surface area contributed by atoms with Crippen molar-refractivity contribution >= 4 is 5.97 Å². The highest BCUT2D eigenvalue weighted by atomic mass is 16.4. The number of hydrogen-bond donors (Lipinski definition) is 1. The summed E-state index contributed by atoms with van der Waals surface area (Å²) in [7, 11) is 0. The van der Waals surface area contributed by atoms with Crippen LogP contribution in [0, 0.1) is 5.92 Å². The number of aliphatic carboxylic acids is 1. The minimum Gasteiger partial charge on any atom is -0.481 e. The van der Waals surface area contributed by atoms with Crippen LogP contribution >= 0.6 is 0 Å². The van der Waals surface area contributed by atoms with Gasteiger partial charge in [0.05, 0.1) is 5.92 Å². The maximum absolute atomic E-state index is 10.5. The van der Waals surface area contributed by atoms with E-state index in [9.17, 15) is 4.79 Å². The highest BCUT2D eigenvalue weighted by Gasteiger charge is 2.15. The first-order valence-corrected chi connectivity index (χ1v) is 4.17. The normalized spacial score (nSPS) is 12.8. The molecule has 13 heavy (non-hydrogen) atoms. The molecule has 1 atom stereocenters. The third kappa shape index (κ3) is 2.54. The van der Waals surface area contributed by atoms with E-state index >= 15 is 0 Å². The van der Waals surface area contributed by atoms with Gasteiger partial charge in [0.1, 0.15) is 0 Å². The zero-order valence-electron chi connectivity index (χ0n) is 7.65. The van der Waals surface area contributed by atoms with E-state index in [1.807, 2.05) is 6.92 Å². The number of nitrogens with zero attached hydrogens (tertiary/aromatic N) is 2. The summed E-state index contributed by atoms with van der Waals surface area (Å²) in [5.41, 5.74) is 0. The molecule has 72 valence electrons. The molecule has 1 aromatic rings. The van der Waals surface area contributed by atoms with Gasteiger partial charge in [-0.1, -0.05) is 13.8 Å². The molecule has 5 nitrogen and oxygen atoms in total. The lowest BCUT2D eigenvalue weighted by Crippen LogP contribution is -2.12. The van der Waals surface area contributed by atoms with E-state index in [1.165, 1.54) is 0 Å². The molecule has 1 aromatic heterocycles. The molecule has 1 N–H and O–H groups in total. The molecule has 0 radical (unpaired) electrons. The van der Waals surface area contributed by atoms with Gasteiger partial charge in [-0.3, -0.25) is 4.79 Å². The van der Waals surface area contributed by atoms with Crippen molar-refractivity contribution < 1.29 is 14.3 Å². The van der Waals surface area contributed by atoms with Gasteiger partial charge < -0.3 is 9.52 Å². The standard InChI is InChI=1S/C8H12N2O3/c1-3-6-9-10-7(13-6)4-5(2)8(11)12/h5H,3-4H2,1-2H3,(H,11,12). The smallest absolute Gasteiger partial charge is 0.306 e. The summed E-state index contributed by atoms with van der Waals surface area (Å²) in [5.74, 6) is -0.388. The molecule has 0 amide bonds. The molecule has 1 heterocycles. The van der Waals surface area contributed by atoms with Crippen molar-refractivity contribution in [3.05, 3.63) is 11.8 Å². The molecule has 0 aliphatic heterocycles. The molecule has 0 aromatic carbocycles. The van der Waals surface area contributed by atoms with Crippen LogP contribution in [0.4, 0.5) is 0 Å². The lowest BCUT2D eigenvalue weighted by atomic mass is 10.1. The molecule has 0 fully saturated rings. The van der Waals surface area contributed by atoms with Crippen LogP contribution in [0.25, 0.3) is 0 Å². The summed E-state index contributed by atoms with van der Waals surface area (Å²) in [6, 6.07) is 0. The lowest BCUT2D eigenvalue weighted by molar-refractivity contribution is -0.141. The Balaban J connectivity index is 2.58. The predicted octanol–water partition coefficient (Wildman–Crippen LogP) is 0.895.